The van der Waals surface area contributed by atoms with E-state index in [1.165, 1.54) is 18.4 Å². The molecular weight excluding hydrogens is 198 g/mol. The van der Waals surface area contributed by atoms with E-state index in [0.717, 1.165) is 32.1 Å². The van der Waals surface area contributed by atoms with Crippen molar-refractivity contribution in [1.82, 2.24) is 14.7 Å². The molecule has 1 aromatic rings. The molecule has 16 heavy (non-hydrogen) atoms. The molecule has 0 radical (unpaired) electrons. The van der Waals surface area contributed by atoms with Gasteiger partial charge in [-0.2, -0.15) is 5.10 Å². The minimum Gasteiger partial charge on any atom is -0.292 e. The first-order valence-corrected chi connectivity index (χ1v) is 5.93. The number of aromatic nitrogens is 2. The molecule has 0 aromatic carbocycles. The van der Waals surface area contributed by atoms with Crippen LogP contribution in [0.1, 0.15) is 18.4 Å². The Balaban J connectivity index is 1.79. The molecule has 0 unspecified atom stereocenters. The molecule has 2 rings (SSSR count). The van der Waals surface area contributed by atoms with Crippen molar-refractivity contribution in [3.63, 3.8) is 0 Å². The summed E-state index contributed by atoms with van der Waals surface area (Å²) in [4.78, 5) is 2.35. The number of rotatable bonds is 3. The summed E-state index contributed by atoms with van der Waals surface area (Å²) < 4.78 is 2.07. The van der Waals surface area contributed by atoms with E-state index in [4.69, 9.17) is 6.42 Å². The predicted molar refractivity (Wildman–Crippen MR) is 65.0 cm³/mol. The SMILES string of the molecule is C#CCN1CCC(Cn2cc(C)cn2)CC1. The lowest BCUT2D eigenvalue weighted by Gasteiger charge is -2.30. The quantitative estimate of drug-likeness (QED) is 0.716. The number of likely N-dealkylation sites (tertiary alicyclic amines) is 1. The summed E-state index contributed by atoms with van der Waals surface area (Å²) in [5.74, 6) is 3.47. The van der Waals surface area contributed by atoms with Gasteiger partial charge >= 0.3 is 0 Å². The van der Waals surface area contributed by atoms with Crippen LogP contribution in [0.4, 0.5) is 0 Å². The van der Waals surface area contributed by atoms with Gasteiger partial charge in [-0.1, -0.05) is 5.92 Å². The van der Waals surface area contributed by atoms with E-state index in [2.05, 4.69) is 33.7 Å². The van der Waals surface area contributed by atoms with Crippen LogP contribution in [0.5, 0.6) is 0 Å². The van der Waals surface area contributed by atoms with Crippen molar-refractivity contribution in [3.05, 3.63) is 18.0 Å². The molecule has 0 bridgehead atoms. The Bertz CT molecular complexity index is 367. The first-order chi connectivity index (χ1) is 7.78. The number of piperidine rings is 1. The van der Waals surface area contributed by atoms with Crippen molar-refractivity contribution in [1.29, 1.82) is 0 Å². The van der Waals surface area contributed by atoms with Crippen LogP contribution in [0.15, 0.2) is 12.4 Å². The molecule has 0 N–H and O–H groups in total. The van der Waals surface area contributed by atoms with Gasteiger partial charge < -0.3 is 0 Å². The van der Waals surface area contributed by atoms with Crippen LogP contribution in [-0.4, -0.2) is 34.3 Å². The van der Waals surface area contributed by atoms with Crippen molar-refractivity contribution < 1.29 is 0 Å². The maximum atomic E-state index is 5.31. The third-order valence-electron chi connectivity index (χ3n) is 3.23. The van der Waals surface area contributed by atoms with Crippen LogP contribution >= 0.6 is 0 Å². The molecule has 1 aliphatic rings. The second-order valence-corrected chi connectivity index (χ2v) is 4.66. The Hall–Kier alpha value is -1.27. The summed E-state index contributed by atoms with van der Waals surface area (Å²) in [6.45, 7) is 6.20. The minimum atomic E-state index is 0.758. The number of hydrogen-bond acceptors (Lipinski definition) is 2. The van der Waals surface area contributed by atoms with Gasteiger partial charge in [-0.25, -0.2) is 0 Å². The lowest BCUT2D eigenvalue weighted by atomic mass is 9.97. The van der Waals surface area contributed by atoms with Crippen molar-refractivity contribution in [2.45, 2.75) is 26.3 Å². The Morgan fingerprint density at radius 2 is 2.25 bits per heavy atom. The van der Waals surface area contributed by atoms with Crippen molar-refractivity contribution in [2.24, 2.45) is 5.92 Å². The largest absolute Gasteiger partial charge is 0.292 e. The number of nitrogens with zero attached hydrogens (tertiary/aromatic N) is 3. The van der Waals surface area contributed by atoms with Gasteiger partial charge in [0.1, 0.15) is 0 Å². The van der Waals surface area contributed by atoms with Crippen LogP contribution in [0, 0.1) is 25.2 Å². The average Bonchev–Trinajstić information content (AvgIpc) is 2.67. The molecule has 86 valence electrons. The van der Waals surface area contributed by atoms with Gasteiger partial charge in [-0.3, -0.25) is 9.58 Å². The van der Waals surface area contributed by atoms with Crippen molar-refractivity contribution in [3.8, 4) is 12.3 Å². The number of terminal acetylenes is 1. The van der Waals surface area contributed by atoms with E-state index >= 15 is 0 Å². The molecular formula is C13H19N3. The van der Waals surface area contributed by atoms with E-state index < -0.39 is 0 Å². The zero-order valence-corrected chi connectivity index (χ0v) is 9.89. The summed E-state index contributed by atoms with van der Waals surface area (Å²) >= 11 is 0. The molecule has 1 fully saturated rings. The van der Waals surface area contributed by atoms with Crippen LogP contribution in [0.25, 0.3) is 0 Å². The van der Waals surface area contributed by atoms with Gasteiger partial charge in [0.15, 0.2) is 0 Å². The van der Waals surface area contributed by atoms with E-state index in [1.807, 2.05) is 6.20 Å². The van der Waals surface area contributed by atoms with Gasteiger partial charge in [-0.05, 0) is 44.3 Å². The van der Waals surface area contributed by atoms with Gasteiger partial charge in [0.05, 0.1) is 12.7 Å². The van der Waals surface area contributed by atoms with E-state index in [0.29, 0.717) is 0 Å². The molecule has 1 aromatic heterocycles. The summed E-state index contributed by atoms with van der Waals surface area (Å²) in [7, 11) is 0. The lowest BCUT2D eigenvalue weighted by Crippen LogP contribution is -2.35. The Morgan fingerprint density at radius 1 is 1.50 bits per heavy atom. The minimum absolute atomic E-state index is 0.758. The second-order valence-electron chi connectivity index (χ2n) is 4.66. The average molecular weight is 217 g/mol. The Labute approximate surface area is 97.4 Å². The maximum Gasteiger partial charge on any atom is 0.0598 e. The summed E-state index contributed by atoms with van der Waals surface area (Å²) in [6.07, 6.45) is 11.8. The Kier molecular flexibility index (Phi) is 3.63. The van der Waals surface area contributed by atoms with Gasteiger partial charge in [0.2, 0.25) is 0 Å². The fraction of sp³-hybridized carbons (Fsp3) is 0.615. The highest BCUT2D eigenvalue weighted by atomic mass is 15.3. The monoisotopic (exact) mass is 217 g/mol. The first-order valence-electron chi connectivity index (χ1n) is 5.93. The molecule has 1 aliphatic heterocycles. The predicted octanol–water partition coefficient (Wildman–Crippen LogP) is 1.54. The fourth-order valence-electron chi connectivity index (χ4n) is 2.29. The molecule has 0 saturated carbocycles. The summed E-state index contributed by atoms with van der Waals surface area (Å²) in [5.41, 5.74) is 1.24. The van der Waals surface area contributed by atoms with Crippen LogP contribution < -0.4 is 0 Å². The molecule has 2 heterocycles. The third kappa shape index (κ3) is 2.86. The van der Waals surface area contributed by atoms with Crippen LogP contribution in [0.3, 0.4) is 0 Å². The molecule has 3 nitrogen and oxygen atoms in total. The van der Waals surface area contributed by atoms with Crippen LogP contribution in [-0.2, 0) is 6.54 Å². The highest BCUT2D eigenvalue weighted by Crippen LogP contribution is 2.18. The third-order valence-corrected chi connectivity index (χ3v) is 3.23. The highest BCUT2D eigenvalue weighted by Gasteiger charge is 2.18. The molecule has 0 aliphatic carbocycles. The normalized spacial score (nSPS) is 18.5. The number of aryl methyl sites for hydroxylation is 1. The summed E-state index contributed by atoms with van der Waals surface area (Å²) in [5, 5.41) is 4.34. The van der Waals surface area contributed by atoms with Crippen molar-refractivity contribution >= 4 is 0 Å². The molecule has 1 saturated heterocycles. The van der Waals surface area contributed by atoms with E-state index in [-0.39, 0.29) is 0 Å². The zero-order valence-electron chi connectivity index (χ0n) is 9.89. The van der Waals surface area contributed by atoms with E-state index in [1.54, 1.807) is 0 Å². The van der Waals surface area contributed by atoms with Gasteiger partial charge in [0, 0.05) is 12.7 Å². The van der Waals surface area contributed by atoms with Gasteiger partial charge in [-0.15, -0.1) is 6.42 Å². The molecule has 3 heteroatoms. The fourth-order valence-corrected chi connectivity index (χ4v) is 2.29. The Morgan fingerprint density at radius 3 is 2.81 bits per heavy atom. The molecule has 0 amide bonds. The zero-order chi connectivity index (χ0) is 11.4. The number of hydrogen-bond donors (Lipinski definition) is 0. The standard InChI is InChI=1S/C13H19N3/c1-3-6-15-7-4-13(5-8-15)11-16-10-12(2)9-14-16/h1,9-10,13H,4-8,11H2,2H3. The van der Waals surface area contributed by atoms with Gasteiger partial charge in [0.25, 0.3) is 0 Å². The van der Waals surface area contributed by atoms with E-state index in [9.17, 15) is 0 Å². The lowest BCUT2D eigenvalue weighted by molar-refractivity contribution is 0.187. The first kappa shape index (κ1) is 11.2. The molecule has 0 spiro atoms. The smallest absolute Gasteiger partial charge is 0.0598 e. The second kappa shape index (κ2) is 5.18. The molecule has 0 atom stereocenters. The topological polar surface area (TPSA) is 21.1 Å². The van der Waals surface area contributed by atoms with Crippen molar-refractivity contribution in [2.75, 3.05) is 19.6 Å². The summed E-state index contributed by atoms with van der Waals surface area (Å²) in [6, 6.07) is 0. The maximum absolute atomic E-state index is 5.31. The van der Waals surface area contributed by atoms with Crippen LogP contribution in [0.2, 0.25) is 0 Å². The highest BCUT2D eigenvalue weighted by molar-refractivity contribution is 4.99.